The van der Waals surface area contributed by atoms with Gasteiger partial charge in [0.05, 0.1) is 16.9 Å². The first-order valence-electron chi connectivity index (χ1n) is 4.84. The number of alkyl halides is 1. The first-order chi connectivity index (χ1) is 6.78. The van der Waals surface area contributed by atoms with Gasteiger partial charge in [0.1, 0.15) is 0 Å². The van der Waals surface area contributed by atoms with Gasteiger partial charge in [-0.1, -0.05) is 0 Å². The molecule has 1 rings (SSSR count). The minimum Gasteiger partial charge on any atom is -0.340 e. The van der Waals surface area contributed by atoms with Gasteiger partial charge in [0.2, 0.25) is 5.91 Å². The molecule has 1 aliphatic heterocycles. The zero-order valence-electron chi connectivity index (χ0n) is 8.99. The van der Waals surface area contributed by atoms with Gasteiger partial charge < -0.3 is 4.90 Å². The Hall–Kier alpha value is -0.290. The second-order valence-corrected chi connectivity index (χ2v) is 7.03. The number of carbonyl (C=O) groups is 1. The van der Waals surface area contributed by atoms with Crippen LogP contribution in [0.2, 0.25) is 0 Å². The molecule has 0 aromatic heterocycles. The maximum Gasteiger partial charge on any atom is 0.229 e. The molecule has 1 fully saturated rings. The summed E-state index contributed by atoms with van der Waals surface area (Å²) in [5.74, 6) is 0.316. The zero-order chi connectivity index (χ0) is 11.7. The summed E-state index contributed by atoms with van der Waals surface area (Å²) in [6.45, 7) is 4.12. The van der Waals surface area contributed by atoms with Crippen molar-refractivity contribution < 1.29 is 13.2 Å². The monoisotopic (exact) mass is 253 g/mol. The fourth-order valence-electron chi connectivity index (χ4n) is 1.40. The molecule has 0 aromatic rings. The second-order valence-electron chi connectivity index (χ2n) is 4.46. The highest BCUT2D eigenvalue weighted by molar-refractivity contribution is 7.91. The smallest absolute Gasteiger partial charge is 0.229 e. The lowest BCUT2D eigenvalue weighted by Gasteiger charge is -2.33. The van der Waals surface area contributed by atoms with Gasteiger partial charge in [-0.05, 0) is 13.8 Å². The van der Waals surface area contributed by atoms with Crippen LogP contribution < -0.4 is 0 Å². The van der Waals surface area contributed by atoms with E-state index < -0.39 is 15.3 Å². The van der Waals surface area contributed by atoms with E-state index in [2.05, 4.69) is 0 Å². The molecule has 0 saturated carbocycles. The van der Waals surface area contributed by atoms with Crippen LogP contribution in [0, 0.1) is 5.41 Å². The maximum absolute atomic E-state index is 11.9. The Kier molecular flexibility index (Phi) is 3.66. The highest BCUT2D eigenvalue weighted by Crippen LogP contribution is 2.21. The number of nitrogens with zero attached hydrogens (tertiary/aromatic N) is 1. The van der Waals surface area contributed by atoms with E-state index in [0.29, 0.717) is 13.1 Å². The van der Waals surface area contributed by atoms with Gasteiger partial charge in [0, 0.05) is 19.0 Å². The Morgan fingerprint density at radius 3 is 2.20 bits per heavy atom. The molecule has 1 amide bonds. The zero-order valence-corrected chi connectivity index (χ0v) is 10.6. The van der Waals surface area contributed by atoms with Crippen LogP contribution in [-0.2, 0) is 14.6 Å². The van der Waals surface area contributed by atoms with Crippen LogP contribution in [0.15, 0.2) is 0 Å². The average Bonchev–Trinajstić information content (AvgIpc) is 2.17. The van der Waals surface area contributed by atoms with Crippen LogP contribution in [0.5, 0.6) is 0 Å². The average molecular weight is 254 g/mol. The van der Waals surface area contributed by atoms with Gasteiger partial charge in [-0.15, -0.1) is 11.6 Å². The van der Waals surface area contributed by atoms with E-state index >= 15 is 0 Å². The summed E-state index contributed by atoms with van der Waals surface area (Å²) >= 11 is 5.70. The summed E-state index contributed by atoms with van der Waals surface area (Å²) in [5.41, 5.74) is -0.608. The molecule has 0 atom stereocenters. The van der Waals surface area contributed by atoms with Crippen LogP contribution in [0.25, 0.3) is 0 Å². The molecule has 0 unspecified atom stereocenters. The Morgan fingerprint density at radius 2 is 1.80 bits per heavy atom. The van der Waals surface area contributed by atoms with Gasteiger partial charge in [-0.3, -0.25) is 4.79 Å². The van der Waals surface area contributed by atoms with Crippen molar-refractivity contribution in [2.75, 3.05) is 30.5 Å². The van der Waals surface area contributed by atoms with Crippen molar-refractivity contribution in [3.63, 3.8) is 0 Å². The lowest BCUT2D eigenvalue weighted by Crippen LogP contribution is -2.49. The molecule has 1 heterocycles. The topological polar surface area (TPSA) is 54.5 Å². The van der Waals surface area contributed by atoms with Crippen LogP contribution >= 0.6 is 11.6 Å². The van der Waals surface area contributed by atoms with Crippen LogP contribution in [0.4, 0.5) is 0 Å². The number of carbonyl (C=O) groups excluding carboxylic acids is 1. The van der Waals surface area contributed by atoms with E-state index in [0.717, 1.165) is 0 Å². The van der Waals surface area contributed by atoms with E-state index in [4.69, 9.17) is 11.6 Å². The van der Waals surface area contributed by atoms with Crippen LogP contribution in [0.1, 0.15) is 13.8 Å². The van der Waals surface area contributed by atoms with E-state index in [1.54, 1.807) is 18.7 Å². The number of amides is 1. The van der Waals surface area contributed by atoms with Crippen LogP contribution in [0.3, 0.4) is 0 Å². The normalized spacial score (nSPS) is 21.4. The predicted octanol–water partition coefficient (Wildman–Crippen LogP) is 0.508. The summed E-state index contributed by atoms with van der Waals surface area (Å²) in [5, 5.41) is 0. The van der Waals surface area contributed by atoms with Gasteiger partial charge >= 0.3 is 0 Å². The predicted molar refractivity (Wildman–Crippen MR) is 59.7 cm³/mol. The third kappa shape index (κ3) is 3.08. The molecular weight excluding hydrogens is 238 g/mol. The Morgan fingerprint density at radius 1 is 1.33 bits per heavy atom. The SMILES string of the molecule is CC(C)(CCl)C(=O)N1CCS(=O)(=O)CC1. The van der Waals surface area contributed by atoms with Crippen molar-refractivity contribution in [2.45, 2.75) is 13.8 Å². The van der Waals surface area contributed by atoms with Gasteiger partial charge in [0.15, 0.2) is 9.84 Å². The molecule has 1 saturated heterocycles. The molecule has 0 spiro atoms. The Labute approximate surface area is 95.5 Å². The summed E-state index contributed by atoms with van der Waals surface area (Å²) < 4.78 is 22.3. The Bertz CT molecular complexity index is 336. The highest BCUT2D eigenvalue weighted by atomic mass is 35.5. The van der Waals surface area contributed by atoms with Crippen molar-refractivity contribution in [3.8, 4) is 0 Å². The van der Waals surface area contributed by atoms with Crippen molar-refractivity contribution in [2.24, 2.45) is 5.41 Å². The minimum absolute atomic E-state index is 0.0626. The van der Waals surface area contributed by atoms with Gasteiger partial charge in [-0.25, -0.2) is 8.42 Å². The fourth-order valence-corrected chi connectivity index (χ4v) is 2.72. The van der Waals surface area contributed by atoms with Crippen molar-refractivity contribution in [1.82, 2.24) is 4.90 Å². The molecule has 4 nitrogen and oxygen atoms in total. The number of sulfone groups is 1. The van der Waals surface area contributed by atoms with Gasteiger partial charge in [0.25, 0.3) is 0 Å². The number of hydrogen-bond acceptors (Lipinski definition) is 3. The molecule has 88 valence electrons. The summed E-state index contributed by atoms with van der Waals surface area (Å²) in [6, 6.07) is 0. The molecule has 0 radical (unpaired) electrons. The number of rotatable bonds is 2. The third-order valence-corrected chi connectivity index (χ3v) is 4.82. The van der Waals surface area contributed by atoms with E-state index in [1.807, 2.05) is 0 Å². The van der Waals surface area contributed by atoms with Gasteiger partial charge in [-0.2, -0.15) is 0 Å². The molecule has 0 aromatic carbocycles. The van der Waals surface area contributed by atoms with E-state index in [1.165, 1.54) is 0 Å². The molecule has 0 bridgehead atoms. The lowest BCUT2D eigenvalue weighted by molar-refractivity contribution is -0.138. The third-order valence-electron chi connectivity index (χ3n) is 2.54. The number of halogens is 1. The molecule has 0 N–H and O–H groups in total. The molecule has 1 aliphatic rings. The molecule has 0 aliphatic carbocycles. The fraction of sp³-hybridized carbons (Fsp3) is 0.889. The molecule has 6 heteroatoms. The standard InChI is InChI=1S/C9H16ClNO3S/c1-9(2,7-10)8(12)11-3-5-15(13,14)6-4-11/h3-7H2,1-2H3. The first kappa shape index (κ1) is 12.8. The molecule has 15 heavy (non-hydrogen) atoms. The minimum atomic E-state index is -2.93. The summed E-state index contributed by atoms with van der Waals surface area (Å²) in [4.78, 5) is 13.5. The Balaban J connectivity index is 2.65. The second kappa shape index (κ2) is 4.29. The quantitative estimate of drug-likeness (QED) is 0.674. The summed E-state index contributed by atoms with van der Waals surface area (Å²) in [6.07, 6.45) is 0. The summed E-state index contributed by atoms with van der Waals surface area (Å²) in [7, 11) is -2.93. The first-order valence-corrected chi connectivity index (χ1v) is 7.20. The van der Waals surface area contributed by atoms with Crippen LogP contribution in [-0.4, -0.2) is 49.7 Å². The molecular formula is C9H16ClNO3S. The van der Waals surface area contributed by atoms with Crippen molar-refractivity contribution in [1.29, 1.82) is 0 Å². The largest absolute Gasteiger partial charge is 0.340 e. The van der Waals surface area contributed by atoms with E-state index in [-0.39, 0.29) is 23.3 Å². The number of hydrogen-bond donors (Lipinski definition) is 0. The highest BCUT2D eigenvalue weighted by Gasteiger charge is 2.34. The van der Waals surface area contributed by atoms with Crippen molar-refractivity contribution in [3.05, 3.63) is 0 Å². The lowest BCUT2D eigenvalue weighted by atomic mass is 9.94. The van der Waals surface area contributed by atoms with Crippen molar-refractivity contribution >= 4 is 27.3 Å². The maximum atomic E-state index is 11.9. The van der Waals surface area contributed by atoms with E-state index in [9.17, 15) is 13.2 Å².